The van der Waals surface area contributed by atoms with E-state index < -0.39 is 0 Å². The van der Waals surface area contributed by atoms with Gasteiger partial charge < -0.3 is 9.47 Å². The molecule has 30 heavy (non-hydrogen) atoms. The molecule has 1 aliphatic heterocycles. The summed E-state index contributed by atoms with van der Waals surface area (Å²) in [6.45, 7) is 2.66. The molecule has 0 atom stereocenters. The number of rotatable bonds is 6. The zero-order chi connectivity index (χ0) is 21.1. The van der Waals surface area contributed by atoms with E-state index in [-0.39, 0.29) is 18.2 Å². The van der Waals surface area contributed by atoms with Gasteiger partial charge in [-0.25, -0.2) is 4.39 Å². The molecule has 1 heterocycles. The van der Waals surface area contributed by atoms with Crippen molar-refractivity contribution in [2.75, 3.05) is 6.61 Å². The van der Waals surface area contributed by atoms with Crippen molar-refractivity contribution in [1.29, 1.82) is 0 Å². The normalized spacial score (nSPS) is 14.1. The Morgan fingerprint density at radius 3 is 2.50 bits per heavy atom. The topological polar surface area (TPSA) is 35.5 Å². The molecule has 3 aromatic rings. The van der Waals surface area contributed by atoms with Gasteiger partial charge in [0.15, 0.2) is 11.5 Å². The summed E-state index contributed by atoms with van der Waals surface area (Å²) in [6, 6.07) is 17.5. The lowest BCUT2D eigenvalue weighted by molar-refractivity contribution is 0.104. The number of halogens is 2. The molecular weight excluding hydrogens is 467 g/mol. The molecule has 6 heteroatoms. The Balaban J connectivity index is 1.60. The molecule has 0 bridgehead atoms. The maximum absolute atomic E-state index is 13.1. The monoisotopic (exact) mass is 484 g/mol. The number of ketones is 1. The standard InChI is InChI=1S/C24H18BrFO3S/c1-2-28-20-11-16(12-23-24(27)18-5-3-4-6-22(18)30-23)19(25)13-21(20)29-14-15-7-9-17(26)10-8-15/h3-13H,2,14H2,1H3/b23-12-. The number of Topliss-reactive ketones (excluding diaryl/α,β-unsaturated/α-hetero) is 1. The molecule has 0 fully saturated rings. The fourth-order valence-corrected chi connectivity index (χ4v) is 4.54. The number of fused-ring (bicyclic) bond motifs is 1. The first-order chi connectivity index (χ1) is 14.5. The van der Waals surface area contributed by atoms with Gasteiger partial charge in [-0.15, -0.1) is 0 Å². The summed E-state index contributed by atoms with van der Waals surface area (Å²) < 4.78 is 25.6. The van der Waals surface area contributed by atoms with Crippen LogP contribution >= 0.6 is 27.7 Å². The van der Waals surface area contributed by atoms with Crippen molar-refractivity contribution in [2.24, 2.45) is 0 Å². The van der Waals surface area contributed by atoms with E-state index in [1.54, 1.807) is 12.1 Å². The number of allylic oxidation sites excluding steroid dienone is 1. The molecule has 0 aromatic heterocycles. The molecule has 152 valence electrons. The minimum absolute atomic E-state index is 0.0251. The molecule has 4 rings (SSSR count). The smallest absolute Gasteiger partial charge is 0.200 e. The van der Waals surface area contributed by atoms with Crippen molar-refractivity contribution in [3.8, 4) is 11.5 Å². The van der Waals surface area contributed by atoms with E-state index in [2.05, 4.69) is 15.9 Å². The van der Waals surface area contributed by atoms with Gasteiger partial charge in [-0.05, 0) is 60.5 Å². The number of benzene rings is 3. The minimum Gasteiger partial charge on any atom is -0.490 e. The van der Waals surface area contributed by atoms with Crippen LogP contribution in [0.5, 0.6) is 11.5 Å². The van der Waals surface area contributed by atoms with Crippen molar-refractivity contribution in [3.63, 3.8) is 0 Å². The quantitative estimate of drug-likeness (QED) is 0.356. The lowest BCUT2D eigenvalue weighted by Crippen LogP contribution is -2.01. The molecule has 0 saturated heterocycles. The molecule has 0 saturated carbocycles. The van der Waals surface area contributed by atoms with Crippen LogP contribution in [0.15, 0.2) is 74.9 Å². The van der Waals surface area contributed by atoms with Gasteiger partial charge in [-0.3, -0.25) is 4.79 Å². The predicted octanol–water partition coefficient (Wildman–Crippen LogP) is 6.90. The van der Waals surface area contributed by atoms with Crippen molar-refractivity contribution in [3.05, 3.63) is 92.5 Å². The molecule has 0 N–H and O–H groups in total. The summed E-state index contributed by atoms with van der Waals surface area (Å²) >= 11 is 5.05. The Morgan fingerprint density at radius 2 is 1.77 bits per heavy atom. The van der Waals surface area contributed by atoms with Crippen LogP contribution in [0.25, 0.3) is 6.08 Å². The van der Waals surface area contributed by atoms with E-state index in [9.17, 15) is 9.18 Å². The van der Waals surface area contributed by atoms with Crippen LogP contribution in [0.1, 0.15) is 28.4 Å². The Morgan fingerprint density at radius 1 is 1.03 bits per heavy atom. The minimum atomic E-state index is -0.282. The zero-order valence-electron chi connectivity index (χ0n) is 16.2. The molecule has 3 nitrogen and oxygen atoms in total. The van der Waals surface area contributed by atoms with Crippen LogP contribution in [-0.2, 0) is 6.61 Å². The number of hydrogen-bond acceptors (Lipinski definition) is 4. The molecular formula is C24H18BrFO3S. The van der Waals surface area contributed by atoms with Gasteiger partial charge in [0.05, 0.1) is 11.5 Å². The highest BCUT2D eigenvalue weighted by molar-refractivity contribution is 9.10. The molecule has 0 aliphatic carbocycles. The summed E-state index contributed by atoms with van der Waals surface area (Å²) in [5, 5.41) is 0. The second-order valence-corrected chi connectivity index (χ2v) is 8.54. The van der Waals surface area contributed by atoms with Gasteiger partial charge in [0.25, 0.3) is 0 Å². The van der Waals surface area contributed by atoms with Crippen LogP contribution in [0.4, 0.5) is 4.39 Å². The van der Waals surface area contributed by atoms with Gasteiger partial charge >= 0.3 is 0 Å². The SMILES string of the molecule is CCOc1cc(/C=C2\Sc3ccccc3C2=O)c(Br)cc1OCc1ccc(F)cc1. The Kier molecular flexibility index (Phi) is 6.25. The molecule has 0 unspecified atom stereocenters. The van der Waals surface area contributed by atoms with Crippen LogP contribution in [0, 0.1) is 5.82 Å². The summed E-state index contributed by atoms with van der Waals surface area (Å²) in [4.78, 5) is 14.3. The first-order valence-electron chi connectivity index (χ1n) is 9.42. The first-order valence-corrected chi connectivity index (χ1v) is 11.0. The summed E-state index contributed by atoms with van der Waals surface area (Å²) in [5.41, 5.74) is 2.41. The molecule has 1 aliphatic rings. The lowest BCUT2D eigenvalue weighted by Gasteiger charge is -2.14. The van der Waals surface area contributed by atoms with E-state index in [0.29, 0.717) is 23.0 Å². The maximum atomic E-state index is 13.1. The van der Waals surface area contributed by atoms with Crippen LogP contribution in [-0.4, -0.2) is 12.4 Å². The molecule has 0 spiro atoms. The third-order valence-electron chi connectivity index (χ3n) is 4.53. The highest BCUT2D eigenvalue weighted by atomic mass is 79.9. The van der Waals surface area contributed by atoms with Gasteiger partial charge in [-0.2, -0.15) is 0 Å². The lowest BCUT2D eigenvalue weighted by atomic mass is 10.1. The van der Waals surface area contributed by atoms with Gasteiger partial charge in [0.1, 0.15) is 12.4 Å². The fraction of sp³-hybridized carbons (Fsp3) is 0.125. The van der Waals surface area contributed by atoms with Crippen molar-refractivity contribution in [1.82, 2.24) is 0 Å². The second-order valence-electron chi connectivity index (χ2n) is 6.60. The summed E-state index contributed by atoms with van der Waals surface area (Å²) in [7, 11) is 0. The fourth-order valence-electron chi connectivity index (χ4n) is 3.06. The Hall–Kier alpha value is -2.57. The van der Waals surface area contributed by atoms with E-state index in [4.69, 9.17) is 9.47 Å². The van der Waals surface area contributed by atoms with Gasteiger partial charge in [-0.1, -0.05) is 52.0 Å². The summed E-state index contributed by atoms with van der Waals surface area (Å²) in [5.74, 6) is 0.902. The number of hydrogen-bond donors (Lipinski definition) is 0. The van der Waals surface area contributed by atoms with Crippen molar-refractivity contribution < 1.29 is 18.7 Å². The molecule has 3 aromatic carbocycles. The van der Waals surface area contributed by atoms with E-state index in [1.165, 1.54) is 23.9 Å². The van der Waals surface area contributed by atoms with Gasteiger partial charge in [0.2, 0.25) is 5.78 Å². The van der Waals surface area contributed by atoms with Crippen LogP contribution in [0.2, 0.25) is 0 Å². The number of carbonyl (C=O) groups is 1. The van der Waals surface area contributed by atoms with Crippen molar-refractivity contribution >= 4 is 39.6 Å². The van der Waals surface area contributed by atoms with E-state index in [1.807, 2.05) is 49.4 Å². The van der Waals surface area contributed by atoms with Gasteiger partial charge in [0, 0.05) is 14.9 Å². The molecule has 0 amide bonds. The second kappa shape index (κ2) is 9.06. The van der Waals surface area contributed by atoms with E-state index >= 15 is 0 Å². The maximum Gasteiger partial charge on any atom is 0.200 e. The average molecular weight is 485 g/mol. The highest BCUT2D eigenvalue weighted by Crippen LogP contribution is 2.42. The van der Waals surface area contributed by atoms with Crippen LogP contribution < -0.4 is 9.47 Å². The summed E-state index contributed by atoms with van der Waals surface area (Å²) in [6.07, 6.45) is 1.86. The third-order valence-corrected chi connectivity index (χ3v) is 6.32. The molecule has 0 radical (unpaired) electrons. The first kappa shape index (κ1) is 20.7. The predicted molar refractivity (Wildman–Crippen MR) is 121 cm³/mol. The Labute approximate surface area is 187 Å². The zero-order valence-corrected chi connectivity index (χ0v) is 18.6. The number of ether oxygens (including phenoxy) is 2. The average Bonchev–Trinajstić information content (AvgIpc) is 3.06. The van der Waals surface area contributed by atoms with Crippen LogP contribution in [0.3, 0.4) is 0 Å². The third kappa shape index (κ3) is 4.45. The number of thioether (sulfide) groups is 1. The largest absolute Gasteiger partial charge is 0.490 e. The number of carbonyl (C=O) groups excluding carboxylic acids is 1. The Bertz CT molecular complexity index is 1130. The van der Waals surface area contributed by atoms with E-state index in [0.717, 1.165) is 26.1 Å². The van der Waals surface area contributed by atoms with Crippen molar-refractivity contribution in [2.45, 2.75) is 18.4 Å². The highest BCUT2D eigenvalue weighted by Gasteiger charge is 2.25.